The third-order valence-electron chi connectivity index (χ3n) is 4.06. The van der Waals surface area contributed by atoms with Crippen LogP contribution in [0, 0.1) is 0 Å². The Morgan fingerprint density at radius 2 is 1.88 bits per heavy atom. The smallest absolute Gasteiger partial charge is 0.219 e. The number of carbonyl (C=O) groups excluding carboxylic acids is 1. The molecule has 0 aromatic carbocycles. The lowest BCUT2D eigenvalue weighted by molar-refractivity contribution is 0.101. The summed E-state index contributed by atoms with van der Waals surface area (Å²) in [7, 11) is 0. The minimum atomic E-state index is -0.0889. The molecule has 4 rings (SSSR count). The summed E-state index contributed by atoms with van der Waals surface area (Å²) < 4.78 is 7.24. The van der Waals surface area contributed by atoms with E-state index in [1.54, 1.807) is 18.6 Å². The van der Waals surface area contributed by atoms with E-state index in [1.807, 2.05) is 10.6 Å². The number of nitrogens with zero attached hydrogens (tertiary/aromatic N) is 6. The molecule has 1 aliphatic heterocycles. The number of ketones is 1. The highest BCUT2D eigenvalue weighted by Crippen LogP contribution is 2.25. The fraction of sp³-hybridized carbons (Fsp3) is 0.312. The number of ether oxygens (including phenoxy) is 1. The van der Waals surface area contributed by atoms with E-state index >= 15 is 0 Å². The van der Waals surface area contributed by atoms with Crippen molar-refractivity contribution in [3.63, 3.8) is 0 Å². The largest absolute Gasteiger partial charge is 0.378 e. The van der Waals surface area contributed by atoms with E-state index in [9.17, 15) is 4.79 Å². The van der Waals surface area contributed by atoms with E-state index in [2.05, 4.69) is 19.9 Å². The monoisotopic (exact) mass is 339 g/mol. The van der Waals surface area contributed by atoms with E-state index < -0.39 is 0 Å². The molecule has 0 bridgehead atoms. The molecule has 9 nitrogen and oxygen atoms in total. The molecule has 1 fully saturated rings. The van der Waals surface area contributed by atoms with Crippen LogP contribution < -0.4 is 10.6 Å². The number of carbonyl (C=O) groups is 1. The Balaban J connectivity index is 1.89. The Bertz CT molecular complexity index is 930. The quantitative estimate of drug-likeness (QED) is 0.698. The summed E-state index contributed by atoms with van der Waals surface area (Å²) in [6.45, 7) is 4.18. The average molecular weight is 339 g/mol. The van der Waals surface area contributed by atoms with E-state index in [4.69, 9.17) is 15.5 Å². The maximum absolute atomic E-state index is 11.7. The third kappa shape index (κ3) is 2.89. The van der Waals surface area contributed by atoms with Crippen molar-refractivity contribution in [2.45, 2.75) is 6.92 Å². The van der Waals surface area contributed by atoms with E-state index in [1.165, 1.54) is 6.92 Å². The van der Waals surface area contributed by atoms with Crippen molar-refractivity contribution in [3.05, 3.63) is 30.5 Å². The number of anilines is 2. The fourth-order valence-electron chi connectivity index (χ4n) is 2.75. The topological polar surface area (TPSA) is 112 Å². The van der Waals surface area contributed by atoms with Crippen LogP contribution >= 0.6 is 0 Å². The predicted octanol–water partition coefficient (Wildman–Crippen LogP) is 0.808. The number of imidazole rings is 1. The van der Waals surface area contributed by atoms with E-state index in [0.29, 0.717) is 49.2 Å². The maximum atomic E-state index is 11.7. The van der Waals surface area contributed by atoms with Gasteiger partial charge in [0.1, 0.15) is 5.69 Å². The second kappa shape index (κ2) is 6.10. The molecule has 0 spiro atoms. The summed E-state index contributed by atoms with van der Waals surface area (Å²) in [6.07, 6.45) is 6.78. The summed E-state index contributed by atoms with van der Waals surface area (Å²) in [6, 6.07) is 0. The fourth-order valence-corrected chi connectivity index (χ4v) is 2.75. The molecule has 1 saturated heterocycles. The summed E-state index contributed by atoms with van der Waals surface area (Å²) in [5, 5.41) is 0. The second-order valence-electron chi connectivity index (χ2n) is 5.79. The Morgan fingerprint density at radius 3 is 2.56 bits per heavy atom. The summed E-state index contributed by atoms with van der Waals surface area (Å²) in [5.74, 6) is 0.832. The highest BCUT2D eigenvalue weighted by Gasteiger charge is 2.20. The summed E-state index contributed by atoms with van der Waals surface area (Å²) in [5.41, 5.74) is 8.03. The van der Waals surface area contributed by atoms with Gasteiger partial charge in [0.05, 0.1) is 18.9 Å². The zero-order chi connectivity index (χ0) is 17.4. The zero-order valence-electron chi connectivity index (χ0n) is 13.7. The molecule has 25 heavy (non-hydrogen) atoms. The van der Waals surface area contributed by atoms with Crippen LogP contribution in [0.25, 0.3) is 16.9 Å². The number of fused-ring (bicyclic) bond motifs is 1. The number of nitrogen functional groups attached to an aromatic ring is 1. The van der Waals surface area contributed by atoms with Gasteiger partial charge in [-0.05, 0) is 0 Å². The molecule has 0 amide bonds. The van der Waals surface area contributed by atoms with Gasteiger partial charge in [-0.25, -0.2) is 19.9 Å². The first-order chi connectivity index (χ1) is 12.1. The van der Waals surface area contributed by atoms with Crippen LogP contribution in [-0.2, 0) is 4.74 Å². The van der Waals surface area contributed by atoms with Crippen LogP contribution in [0.1, 0.15) is 17.4 Å². The van der Waals surface area contributed by atoms with Crippen LogP contribution in [-0.4, -0.2) is 56.4 Å². The Hall–Kier alpha value is -3.07. The van der Waals surface area contributed by atoms with Crippen LogP contribution in [0.4, 0.5) is 11.8 Å². The van der Waals surface area contributed by atoms with E-state index in [0.717, 1.165) is 5.56 Å². The van der Waals surface area contributed by atoms with Crippen molar-refractivity contribution in [3.8, 4) is 11.3 Å². The standard InChI is InChI=1S/C16H17N7O2/c1-10(24)12-8-23-9-13(11-6-18-16(17)19-7-11)21-14(15(23)20-12)22-2-4-25-5-3-22/h6-9H,2-5H2,1H3,(H2,17,18,19). The highest BCUT2D eigenvalue weighted by molar-refractivity contribution is 5.93. The van der Waals surface area contributed by atoms with Gasteiger partial charge in [-0.2, -0.15) is 0 Å². The molecule has 0 atom stereocenters. The van der Waals surface area contributed by atoms with Crippen molar-refractivity contribution < 1.29 is 9.53 Å². The second-order valence-corrected chi connectivity index (χ2v) is 5.79. The molecule has 0 unspecified atom stereocenters. The van der Waals surface area contributed by atoms with Crippen molar-refractivity contribution >= 4 is 23.2 Å². The minimum Gasteiger partial charge on any atom is -0.378 e. The third-order valence-corrected chi connectivity index (χ3v) is 4.06. The zero-order valence-corrected chi connectivity index (χ0v) is 13.7. The number of Topliss-reactive ketones (excluding diaryl/α,β-unsaturated/α-hetero) is 1. The minimum absolute atomic E-state index is 0.0889. The lowest BCUT2D eigenvalue weighted by Gasteiger charge is -2.28. The first-order valence-electron chi connectivity index (χ1n) is 7.93. The Morgan fingerprint density at radius 1 is 1.16 bits per heavy atom. The molecule has 3 aromatic rings. The first-order valence-corrected chi connectivity index (χ1v) is 7.93. The number of hydrogen-bond donors (Lipinski definition) is 1. The maximum Gasteiger partial charge on any atom is 0.219 e. The highest BCUT2D eigenvalue weighted by atomic mass is 16.5. The van der Waals surface area contributed by atoms with Gasteiger partial charge < -0.3 is 19.8 Å². The lowest BCUT2D eigenvalue weighted by atomic mass is 10.2. The number of aromatic nitrogens is 5. The van der Waals surface area contributed by atoms with Gasteiger partial charge in [-0.1, -0.05) is 0 Å². The molecule has 3 aromatic heterocycles. The molecule has 1 aliphatic rings. The molecule has 128 valence electrons. The first kappa shape index (κ1) is 15.5. The Labute approximate surface area is 143 Å². The van der Waals surface area contributed by atoms with E-state index in [-0.39, 0.29) is 11.7 Å². The van der Waals surface area contributed by atoms with Gasteiger partial charge in [0, 0.05) is 50.4 Å². The van der Waals surface area contributed by atoms with Crippen molar-refractivity contribution in [2.24, 2.45) is 0 Å². The molecule has 0 radical (unpaired) electrons. The number of hydrogen-bond acceptors (Lipinski definition) is 8. The van der Waals surface area contributed by atoms with Crippen molar-refractivity contribution in [2.75, 3.05) is 36.9 Å². The summed E-state index contributed by atoms with van der Waals surface area (Å²) >= 11 is 0. The van der Waals surface area contributed by atoms with Crippen molar-refractivity contribution in [1.29, 1.82) is 0 Å². The van der Waals surface area contributed by atoms with Crippen LogP contribution in [0.5, 0.6) is 0 Å². The van der Waals surface area contributed by atoms with Crippen LogP contribution in [0.15, 0.2) is 24.8 Å². The van der Waals surface area contributed by atoms with Gasteiger partial charge in [0.2, 0.25) is 5.95 Å². The lowest BCUT2D eigenvalue weighted by Crippen LogP contribution is -2.37. The summed E-state index contributed by atoms with van der Waals surface area (Å²) in [4.78, 5) is 31.1. The molecule has 0 saturated carbocycles. The average Bonchev–Trinajstić information content (AvgIpc) is 3.07. The molecule has 9 heteroatoms. The van der Waals surface area contributed by atoms with Crippen molar-refractivity contribution in [1.82, 2.24) is 24.3 Å². The van der Waals surface area contributed by atoms with Gasteiger partial charge in [0.25, 0.3) is 0 Å². The van der Waals surface area contributed by atoms with Gasteiger partial charge in [0.15, 0.2) is 17.2 Å². The van der Waals surface area contributed by atoms with Crippen LogP contribution in [0.3, 0.4) is 0 Å². The van der Waals surface area contributed by atoms with Crippen LogP contribution in [0.2, 0.25) is 0 Å². The number of rotatable bonds is 3. The van der Waals surface area contributed by atoms with Gasteiger partial charge in [-0.3, -0.25) is 4.79 Å². The number of morpholine rings is 1. The normalized spacial score (nSPS) is 14.8. The molecule has 0 aliphatic carbocycles. The SMILES string of the molecule is CC(=O)c1cn2cc(-c3cnc(N)nc3)nc(N3CCOCC3)c2n1. The predicted molar refractivity (Wildman–Crippen MR) is 91.5 cm³/mol. The molecular weight excluding hydrogens is 322 g/mol. The van der Waals surface area contributed by atoms with Gasteiger partial charge in [-0.15, -0.1) is 0 Å². The molecule has 4 heterocycles. The Kier molecular flexibility index (Phi) is 3.77. The van der Waals surface area contributed by atoms with Gasteiger partial charge >= 0.3 is 0 Å². The number of nitrogens with two attached hydrogens (primary N) is 1. The molecular formula is C16H17N7O2. The molecule has 2 N–H and O–H groups in total.